The SMILES string of the molecule is O=C(NCc1ccco1)C(=O)NC[C@H](O)Cc1ccccc1. The van der Waals surface area contributed by atoms with Gasteiger partial charge >= 0.3 is 11.8 Å². The van der Waals surface area contributed by atoms with Gasteiger partial charge in [0.2, 0.25) is 0 Å². The molecule has 2 rings (SSSR count). The van der Waals surface area contributed by atoms with E-state index in [9.17, 15) is 14.7 Å². The second kappa shape index (κ2) is 7.99. The van der Waals surface area contributed by atoms with Crippen LogP contribution in [0.5, 0.6) is 0 Å². The number of hydrogen-bond donors (Lipinski definition) is 3. The molecule has 0 bridgehead atoms. The fraction of sp³-hybridized carbons (Fsp3) is 0.250. The monoisotopic (exact) mass is 302 g/mol. The smallest absolute Gasteiger partial charge is 0.309 e. The predicted molar refractivity (Wildman–Crippen MR) is 79.7 cm³/mol. The van der Waals surface area contributed by atoms with Crippen molar-refractivity contribution in [2.45, 2.75) is 19.1 Å². The van der Waals surface area contributed by atoms with Crippen molar-refractivity contribution in [3.8, 4) is 0 Å². The Bertz CT molecular complexity index is 596. The lowest BCUT2D eigenvalue weighted by Gasteiger charge is -2.11. The van der Waals surface area contributed by atoms with Crippen molar-refractivity contribution in [2.75, 3.05) is 6.54 Å². The highest BCUT2D eigenvalue weighted by Crippen LogP contribution is 2.02. The van der Waals surface area contributed by atoms with E-state index in [2.05, 4.69) is 10.6 Å². The number of aliphatic hydroxyl groups is 1. The molecule has 2 amide bonds. The van der Waals surface area contributed by atoms with Crippen LogP contribution in [0, 0.1) is 0 Å². The van der Waals surface area contributed by atoms with Crippen molar-refractivity contribution in [2.24, 2.45) is 0 Å². The molecule has 2 aromatic rings. The van der Waals surface area contributed by atoms with Gasteiger partial charge in [0.15, 0.2) is 0 Å². The molecule has 116 valence electrons. The van der Waals surface area contributed by atoms with Crippen LogP contribution in [0.3, 0.4) is 0 Å². The Morgan fingerprint density at radius 1 is 1.05 bits per heavy atom. The molecule has 0 aliphatic carbocycles. The lowest BCUT2D eigenvalue weighted by Crippen LogP contribution is -2.42. The second-order valence-electron chi connectivity index (χ2n) is 4.82. The molecular weight excluding hydrogens is 284 g/mol. The van der Waals surface area contributed by atoms with Gasteiger partial charge in [0.1, 0.15) is 5.76 Å². The average molecular weight is 302 g/mol. The van der Waals surface area contributed by atoms with Crippen LogP contribution in [-0.4, -0.2) is 29.6 Å². The van der Waals surface area contributed by atoms with Gasteiger partial charge in [0.25, 0.3) is 0 Å². The molecule has 0 radical (unpaired) electrons. The van der Waals surface area contributed by atoms with Gasteiger partial charge in [-0.1, -0.05) is 30.3 Å². The van der Waals surface area contributed by atoms with Gasteiger partial charge in [0.05, 0.1) is 18.9 Å². The Kier molecular flexibility index (Phi) is 5.73. The number of nitrogens with one attached hydrogen (secondary N) is 2. The van der Waals surface area contributed by atoms with Crippen LogP contribution in [0.2, 0.25) is 0 Å². The van der Waals surface area contributed by atoms with Gasteiger partial charge < -0.3 is 20.2 Å². The molecule has 0 saturated carbocycles. The van der Waals surface area contributed by atoms with Crippen molar-refractivity contribution >= 4 is 11.8 Å². The predicted octanol–water partition coefficient (Wildman–Crippen LogP) is 0.616. The van der Waals surface area contributed by atoms with Crippen LogP contribution in [0.25, 0.3) is 0 Å². The van der Waals surface area contributed by atoms with E-state index in [1.165, 1.54) is 6.26 Å². The van der Waals surface area contributed by atoms with E-state index in [4.69, 9.17) is 4.42 Å². The van der Waals surface area contributed by atoms with Crippen molar-refractivity contribution in [1.29, 1.82) is 0 Å². The van der Waals surface area contributed by atoms with Gasteiger partial charge in [-0.3, -0.25) is 9.59 Å². The maximum Gasteiger partial charge on any atom is 0.309 e. The molecule has 0 aliphatic rings. The highest BCUT2D eigenvalue weighted by molar-refractivity contribution is 6.35. The summed E-state index contributed by atoms with van der Waals surface area (Å²) in [5, 5.41) is 14.7. The van der Waals surface area contributed by atoms with Crippen LogP contribution in [0.4, 0.5) is 0 Å². The van der Waals surface area contributed by atoms with Crippen molar-refractivity contribution in [3.63, 3.8) is 0 Å². The first-order valence-corrected chi connectivity index (χ1v) is 6.95. The number of benzene rings is 1. The summed E-state index contributed by atoms with van der Waals surface area (Å²) in [5.41, 5.74) is 0.964. The maximum absolute atomic E-state index is 11.6. The Labute approximate surface area is 128 Å². The number of furan rings is 1. The number of hydrogen-bond acceptors (Lipinski definition) is 4. The Hall–Kier alpha value is -2.60. The molecule has 1 aromatic carbocycles. The third-order valence-electron chi connectivity index (χ3n) is 3.02. The molecule has 3 N–H and O–H groups in total. The summed E-state index contributed by atoms with van der Waals surface area (Å²) in [4.78, 5) is 23.2. The zero-order valence-electron chi connectivity index (χ0n) is 12.0. The molecular formula is C16H18N2O4. The zero-order valence-corrected chi connectivity index (χ0v) is 12.0. The van der Waals surface area contributed by atoms with E-state index in [1.807, 2.05) is 30.3 Å². The Morgan fingerprint density at radius 2 is 1.77 bits per heavy atom. The summed E-state index contributed by atoms with van der Waals surface area (Å²) in [6.45, 7) is 0.160. The van der Waals surface area contributed by atoms with Gasteiger partial charge in [-0.25, -0.2) is 0 Å². The quantitative estimate of drug-likeness (QED) is 0.682. The first-order valence-electron chi connectivity index (χ1n) is 6.95. The van der Waals surface area contributed by atoms with E-state index >= 15 is 0 Å². The van der Waals surface area contributed by atoms with Gasteiger partial charge in [-0.15, -0.1) is 0 Å². The molecule has 0 aliphatic heterocycles. The Morgan fingerprint density at radius 3 is 2.45 bits per heavy atom. The Balaban J connectivity index is 1.69. The van der Waals surface area contributed by atoms with E-state index in [-0.39, 0.29) is 13.1 Å². The highest BCUT2D eigenvalue weighted by Gasteiger charge is 2.15. The first kappa shape index (κ1) is 15.8. The van der Waals surface area contributed by atoms with E-state index in [0.717, 1.165) is 5.56 Å². The number of rotatable bonds is 6. The van der Waals surface area contributed by atoms with E-state index in [1.54, 1.807) is 12.1 Å². The molecule has 6 heteroatoms. The van der Waals surface area contributed by atoms with Crippen molar-refractivity contribution in [3.05, 3.63) is 60.1 Å². The van der Waals surface area contributed by atoms with Crippen LogP contribution < -0.4 is 10.6 Å². The molecule has 0 spiro atoms. The van der Waals surface area contributed by atoms with Gasteiger partial charge in [-0.2, -0.15) is 0 Å². The molecule has 1 heterocycles. The van der Waals surface area contributed by atoms with Crippen LogP contribution >= 0.6 is 0 Å². The summed E-state index contributed by atoms with van der Waals surface area (Å²) >= 11 is 0. The third kappa shape index (κ3) is 5.06. The molecule has 0 unspecified atom stereocenters. The zero-order chi connectivity index (χ0) is 15.8. The molecule has 22 heavy (non-hydrogen) atoms. The summed E-state index contributed by atoms with van der Waals surface area (Å²) in [6, 6.07) is 12.8. The first-order chi connectivity index (χ1) is 10.6. The number of amides is 2. The molecule has 6 nitrogen and oxygen atoms in total. The van der Waals surface area contributed by atoms with Gasteiger partial charge in [-0.05, 0) is 17.7 Å². The maximum atomic E-state index is 11.6. The van der Waals surface area contributed by atoms with Gasteiger partial charge in [0, 0.05) is 13.0 Å². The van der Waals surface area contributed by atoms with Crippen LogP contribution in [0.1, 0.15) is 11.3 Å². The fourth-order valence-corrected chi connectivity index (χ4v) is 1.91. The molecule has 0 fully saturated rings. The minimum Gasteiger partial charge on any atom is -0.467 e. The van der Waals surface area contributed by atoms with Crippen LogP contribution in [0.15, 0.2) is 53.1 Å². The number of aliphatic hydroxyl groups excluding tert-OH is 1. The third-order valence-corrected chi connectivity index (χ3v) is 3.02. The largest absolute Gasteiger partial charge is 0.467 e. The normalized spacial score (nSPS) is 11.7. The highest BCUT2D eigenvalue weighted by atomic mass is 16.3. The van der Waals surface area contributed by atoms with Crippen LogP contribution in [-0.2, 0) is 22.6 Å². The summed E-state index contributed by atoms with van der Waals surface area (Å²) in [5.74, 6) is -0.979. The minimum absolute atomic E-state index is 0.0158. The minimum atomic E-state index is -0.779. The molecule has 1 aromatic heterocycles. The van der Waals surface area contributed by atoms with E-state index < -0.39 is 17.9 Å². The fourth-order valence-electron chi connectivity index (χ4n) is 1.91. The molecule has 1 atom stereocenters. The molecule has 0 saturated heterocycles. The standard InChI is InChI=1S/C16H18N2O4/c19-13(9-12-5-2-1-3-6-12)10-17-15(20)16(21)18-11-14-7-4-8-22-14/h1-8,13,19H,9-11H2,(H,17,20)(H,18,21)/t13-/m1/s1. The average Bonchev–Trinajstić information content (AvgIpc) is 3.04. The lowest BCUT2D eigenvalue weighted by atomic mass is 10.1. The summed E-state index contributed by atoms with van der Waals surface area (Å²) < 4.78 is 5.04. The van der Waals surface area contributed by atoms with Crippen molar-refractivity contribution in [1.82, 2.24) is 10.6 Å². The topological polar surface area (TPSA) is 91.6 Å². The summed E-state index contributed by atoms with van der Waals surface area (Å²) in [6.07, 6.45) is 1.15. The number of carbonyl (C=O) groups is 2. The van der Waals surface area contributed by atoms with Crippen molar-refractivity contribution < 1.29 is 19.1 Å². The second-order valence-corrected chi connectivity index (χ2v) is 4.82. The number of carbonyl (C=O) groups excluding carboxylic acids is 2. The lowest BCUT2D eigenvalue weighted by molar-refractivity contribution is -0.139. The summed E-state index contributed by atoms with van der Waals surface area (Å²) in [7, 11) is 0. The van der Waals surface area contributed by atoms with E-state index in [0.29, 0.717) is 12.2 Å².